The van der Waals surface area contributed by atoms with Crippen LogP contribution in [0.15, 0.2) is 0 Å². The molecule has 1 amide bonds. The third kappa shape index (κ3) is 2.68. The Morgan fingerprint density at radius 1 is 1.47 bits per heavy atom. The molecule has 0 radical (unpaired) electrons. The average Bonchev–Trinajstić information content (AvgIpc) is 2.63. The quantitative estimate of drug-likeness (QED) is 0.618. The first kappa shape index (κ1) is 12.0. The maximum Gasteiger partial charge on any atom is 0.311 e. The minimum Gasteiger partial charge on any atom is -0.481 e. The van der Waals surface area contributed by atoms with Gasteiger partial charge in [-0.15, -0.1) is 0 Å². The van der Waals surface area contributed by atoms with Gasteiger partial charge >= 0.3 is 5.97 Å². The Hall–Kier alpha value is -1.10. The van der Waals surface area contributed by atoms with E-state index in [0.29, 0.717) is 12.8 Å². The number of aliphatic carboxylic acids is 1. The van der Waals surface area contributed by atoms with Crippen molar-refractivity contribution < 1.29 is 14.7 Å². The lowest BCUT2D eigenvalue weighted by molar-refractivity contribution is -0.148. The first-order chi connectivity index (χ1) is 6.98. The molecule has 0 spiro atoms. The van der Waals surface area contributed by atoms with Gasteiger partial charge in [-0.3, -0.25) is 9.59 Å². The van der Waals surface area contributed by atoms with Gasteiger partial charge in [0.15, 0.2) is 0 Å². The number of carbonyl (C=O) groups excluding carboxylic acids is 1. The summed E-state index contributed by atoms with van der Waals surface area (Å²) >= 11 is 0. The van der Waals surface area contributed by atoms with Gasteiger partial charge in [0.1, 0.15) is 0 Å². The summed E-state index contributed by atoms with van der Waals surface area (Å²) in [5.74, 6) is -1.10. The summed E-state index contributed by atoms with van der Waals surface area (Å²) in [6, 6.07) is -0.586. The largest absolute Gasteiger partial charge is 0.481 e. The van der Waals surface area contributed by atoms with Crippen LogP contribution >= 0.6 is 0 Å². The average molecular weight is 214 g/mol. The predicted molar refractivity (Wildman–Crippen MR) is 55.2 cm³/mol. The summed E-state index contributed by atoms with van der Waals surface area (Å²) in [7, 11) is 0. The Morgan fingerprint density at radius 2 is 2.00 bits per heavy atom. The standard InChI is InChI=1S/C10H18N2O3/c1-7(11)8(13)12-6-10(9(14)15)4-2-3-5-10/h7H,2-6,11H2,1H3,(H,12,13)(H,14,15)/t7-/m1/s1. The van der Waals surface area contributed by atoms with Gasteiger partial charge in [0.25, 0.3) is 0 Å². The maximum absolute atomic E-state index is 11.2. The summed E-state index contributed by atoms with van der Waals surface area (Å²) in [4.78, 5) is 22.4. The van der Waals surface area contributed by atoms with E-state index in [1.807, 2.05) is 0 Å². The van der Waals surface area contributed by atoms with Crippen LogP contribution in [0, 0.1) is 5.41 Å². The molecule has 86 valence electrons. The minimum atomic E-state index is -0.815. The third-order valence-corrected chi connectivity index (χ3v) is 3.03. The molecule has 1 aliphatic carbocycles. The second-order valence-electron chi connectivity index (χ2n) is 4.30. The summed E-state index contributed by atoms with van der Waals surface area (Å²) in [6.07, 6.45) is 3.11. The van der Waals surface area contributed by atoms with Gasteiger partial charge in [-0.05, 0) is 19.8 Å². The van der Waals surface area contributed by atoms with Crippen LogP contribution in [-0.4, -0.2) is 29.6 Å². The van der Waals surface area contributed by atoms with E-state index in [-0.39, 0.29) is 12.5 Å². The Labute approximate surface area is 89.0 Å². The van der Waals surface area contributed by atoms with Crippen molar-refractivity contribution in [1.29, 1.82) is 0 Å². The van der Waals surface area contributed by atoms with E-state index in [9.17, 15) is 9.59 Å². The number of carboxylic acid groups (broad SMARTS) is 1. The lowest BCUT2D eigenvalue weighted by Gasteiger charge is -2.24. The molecular formula is C10H18N2O3. The highest BCUT2D eigenvalue weighted by Gasteiger charge is 2.41. The van der Waals surface area contributed by atoms with Crippen molar-refractivity contribution in [3.8, 4) is 0 Å². The van der Waals surface area contributed by atoms with Crippen molar-refractivity contribution in [1.82, 2.24) is 5.32 Å². The SMILES string of the molecule is C[C@@H](N)C(=O)NCC1(C(=O)O)CCCC1. The zero-order valence-corrected chi connectivity index (χ0v) is 8.95. The van der Waals surface area contributed by atoms with Crippen molar-refractivity contribution >= 4 is 11.9 Å². The molecule has 1 fully saturated rings. The summed E-state index contributed by atoms with van der Waals surface area (Å²) < 4.78 is 0. The Morgan fingerprint density at radius 3 is 2.40 bits per heavy atom. The lowest BCUT2D eigenvalue weighted by Crippen LogP contribution is -2.46. The van der Waals surface area contributed by atoms with Gasteiger partial charge in [-0.2, -0.15) is 0 Å². The van der Waals surface area contributed by atoms with E-state index in [0.717, 1.165) is 12.8 Å². The number of hydrogen-bond acceptors (Lipinski definition) is 3. The second-order valence-corrected chi connectivity index (χ2v) is 4.30. The normalized spacial score (nSPS) is 20.9. The van der Waals surface area contributed by atoms with Crippen molar-refractivity contribution in [2.45, 2.75) is 38.6 Å². The molecule has 0 aromatic heterocycles. The molecule has 0 bridgehead atoms. The molecule has 1 aliphatic rings. The molecule has 1 atom stereocenters. The second kappa shape index (κ2) is 4.61. The van der Waals surface area contributed by atoms with Gasteiger partial charge < -0.3 is 16.2 Å². The van der Waals surface area contributed by atoms with E-state index in [1.54, 1.807) is 6.92 Å². The molecule has 0 aromatic rings. The van der Waals surface area contributed by atoms with Gasteiger partial charge in [0, 0.05) is 6.54 Å². The van der Waals surface area contributed by atoms with Crippen LogP contribution in [0.25, 0.3) is 0 Å². The van der Waals surface area contributed by atoms with Crippen molar-refractivity contribution in [3.05, 3.63) is 0 Å². The van der Waals surface area contributed by atoms with Crippen LogP contribution in [0.2, 0.25) is 0 Å². The van der Waals surface area contributed by atoms with Crippen molar-refractivity contribution in [2.75, 3.05) is 6.54 Å². The zero-order valence-electron chi connectivity index (χ0n) is 8.95. The van der Waals surface area contributed by atoms with E-state index in [1.165, 1.54) is 0 Å². The third-order valence-electron chi connectivity index (χ3n) is 3.03. The number of amides is 1. The first-order valence-electron chi connectivity index (χ1n) is 5.25. The summed E-state index contributed by atoms with van der Waals surface area (Å²) in [5.41, 5.74) is 4.62. The number of nitrogens with two attached hydrogens (primary N) is 1. The monoisotopic (exact) mass is 214 g/mol. The molecule has 0 unspecified atom stereocenters. The Kier molecular flexibility index (Phi) is 3.68. The van der Waals surface area contributed by atoms with Crippen LogP contribution in [-0.2, 0) is 9.59 Å². The van der Waals surface area contributed by atoms with Gasteiger partial charge in [-0.25, -0.2) is 0 Å². The highest BCUT2D eigenvalue weighted by Crippen LogP contribution is 2.37. The number of hydrogen-bond donors (Lipinski definition) is 3. The number of nitrogens with one attached hydrogen (secondary N) is 1. The summed E-state index contributed by atoms with van der Waals surface area (Å²) in [5, 5.41) is 11.7. The van der Waals surface area contributed by atoms with E-state index in [4.69, 9.17) is 10.8 Å². The fraction of sp³-hybridized carbons (Fsp3) is 0.800. The maximum atomic E-state index is 11.2. The fourth-order valence-electron chi connectivity index (χ4n) is 1.94. The van der Waals surface area contributed by atoms with E-state index >= 15 is 0 Å². The number of carboxylic acids is 1. The van der Waals surface area contributed by atoms with Crippen LogP contribution < -0.4 is 11.1 Å². The smallest absolute Gasteiger partial charge is 0.311 e. The fourth-order valence-corrected chi connectivity index (χ4v) is 1.94. The molecule has 5 heteroatoms. The minimum absolute atomic E-state index is 0.197. The lowest BCUT2D eigenvalue weighted by atomic mass is 9.86. The van der Waals surface area contributed by atoms with Gasteiger partial charge in [-0.1, -0.05) is 12.8 Å². The highest BCUT2D eigenvalue weighted by atomic mass is 16.4. The molecule has 0 heterocycles. The Balaban J connectivity index is 2.53. The van der Waals surface area contributed by atoms with Crippen molar-refractivity contribution in [2.24, 2.45) is 11.1 Å². The Bertz CT molecular complexity index is 257. The number of rotatable bonds is 4. The predicted octanol–water partition coefficient (Wildman–Crippen LogP) is 0.0948. The van der Waals surface area contributed by atoms with E-state index in [2.05, 4.69) is 5.32 Å². The molecule has 0 aliphatic heterocycles. The molecule has 5 nitrogen and oxygen atoms in total. The molecule has 1 rings (SSSR count). The van der Waals surface area contributed by atoms with E-state index < -0.39 is 17.4 Å². The zero-order chi connectivity index (χ0) is 11.5. The highest BCUT2D eigenvalue weighted by molar-refractivity contribution is 5.82. The molecular weight excluding hydrogens is 196 g/mol. The van der Waals surface area contributed by atoms with Crippen LogP contribution in [0.4, 0.5) is 0 Å². The molecule has 1 saturated carbocycles. The molecule has 15 heavy (non-hydrogen) atoms. The summed E-state index contributed by atoms with van der Waals surface area (Å²) in [6.45, 7) is 1.78. The van der Waals surface area contributed by atoms with Gasteiger partial charge in [0.2, 0.25) is 5.91 Å². The van der Waals surface area contributed by atoms with Crippen molar-refractivity contribution in [3.63, 3.8) is 0 Å². The molecule has 0 aromatic carbocycles. The molecule has 0 saturated heterocycles. The van der Waals surface area contributed by atoms with Crippen LogP contribution in [0.3, 0.4) is 0 Å². The number of carbonyl (C=O) groups is 2. The van der Waals surface area contributed by atoms with Crippen LogP contribution in [0.5, 0.6) is 0 Å². The molecule has 4 N–H and O–H groups in total. The van der Waals surface area contributed by atoms with Gasteiger partial charge in [0.05, 0.1) is 11.5 Å². The van der Waals surface area contributed by atoms with Crippen LogP contribution in [0.1, 0.15) is 32.6 Å². The topological polar surface area (TPSA) is 92.4 Å². The first-order valence-corrected chi connectivity index (χ1v) is 5.25.